The number of hydrogen-bond acceptors (Lipinski definition) is 6. The second kappa shape index (κ2) is 8.95. The van der Waals surface area contributed by atoms with E-state index in [1.165, 1.54) is 13.5 Å². The summed E-state index contributed by atoms with van der Waals surface area (Å²) in [5.41, 5.74) is 0.889. The number of anilines is 1. The number of hydrogen-bond donors (Lipinski definition) is 0. The number of benzene rings is 1. The van der Waals surface area contributed by atoms with Gasteiger partial charge in [0.15, 0.2) is 0 Å². The van der Waals surface area contributed by atoms with Gasteiger partial charge in [0.2, 0.25) is 0 Å². The predicted octanol–water partition coefficient (Wildman–Crippen LogP) is 4.42. The molecular formula is C20H28N2O4S. The molecular weight excluding hydrogens is 364 g/mol. The minimum absolute atomic E-state index is 0.0296. The van der Waals surface area contributed by atoms with Crippen LogP contribution >= 0.6 is 11.8 Å². The lowest BCUT2D eigenvalue weighted by Crippen LogP contribution is -2.39. The van der Waals surface area contributed by atoms with Crippen LogP contribution in [0.4, 0.5) is 11.4 Å². The van der Waals surface area contributed by atoms with Gasteiger partial charge in [-0.05, 0) is 37.8 Å². The van der Waals surface area contributed by atoms with E-state index in [0.717, 1.165) is 63.1 Å². The molecule has 3 rings (SSSR count). The monoisotopic (exact) mass is 392 g/mol. The predicted molar refractivity (Wildman–Crippen MR) is 108 cm³/mol. The summed E-state index contributed by atoms with van der Waals surface area (Å²) >= 11 is 1.93. The van der Waals surface area contributed by atoms with Crippen LogP contribution in [0.1, 0.15) is 44.9 Å². The molecule has 2 fully saturated rings. The molecule has 0 aromatic heterocycles. The van der Waals surface area contributed by atoms with Crippen LogP contribution in [0.2, 0.25) is 0 Å². The molecule has 1 heterocycles. The number of esters is 1. The average molecular weight is 393 g/mol. The van der Waals surface area contributed by atoms with E-state index in [-0.39, 0.29) is 22.0 Å². The first-order valence-electron chi connectivity index (χ1n) is 9.73. The van der Waals surface area contributed by atoms with Crippen molar-refractivity contribution in [2.45, 2.75) is 50.2 Å². The Labute approximate surface area is 164 Å². The third kappa shape index (κ3) is 4.75. The van der Waals surface area contributed by atoms with E-state index in [0.29, 0.717) is 5.25 Å². The van der Waals surface area contributed by atoms with Gasteiger partial charge in [-0.3, -0.25) is 14.9 Å². The van der Waals surface area contributed by atoms with Crippen LogP contribution in [0.15, 0.2) is 24.3 Å². The highest BCUT2D eigenvalue weighted by molar-refractivity contribution is 7.99. The van der Waals surface area contributed by atoms with Crippen molar-refractivity contribution in [1.82, 2.24) is 0 Å². The van der Waals surface area contributed by atoms with E-state index in [1.807, 2.05) is 23.9 Å². The minimum Gasteiger partial charge on any atom is -0.469 e. The third-order valence-electron chi connectivity index (χ3n) is 5.89. The molecule has 0 radical (unpaired) electrons. The van der Waals surface area contributed by atoms with E-state index < -0.39 is 0 Å². The smallest absolute Gasteiger partial charge is 0.312 e. The highest BCUT2D eigenvalue weighted by Gasteiger charge is 2.41. The number of piperidine rings is 1. The summed E-state index contributed by atoms with van der Waals surface area (Å²) in [6.07, 6.45) is 7.50. The molecule has 2 aliphatic rings. The Morgan fingerprint density at radius 2 is 1.85 bits per heavy atom. The van der Waals surface area contributed by atoms with Gasteiger partial charge in [-0.25, -0.2) is 0 Å². The molecule has 6 nitrogen and oxygen atoms in total. The van der Waals surface area contributed by atoms with Crippen molar-refractivity contribution < 1.29 is 14.5 Å². The number of nitro benzene ring substituents is 1. The molecule has 1 saturated carbocycles. The largest absolute Gasteiger partial charge is 0.469 e. The van der Waals surface area contributed by atoms with Gasteiger partial charge in [-0.15, -0.1) is 0 Å². The summed E-state index contributed by atoms with van der Waals surface area (Å²) in [5, 5.41) is 11.3. The number of ether oxygens (including phenoxy) is 1. The van der Waals surface area contributed by atoms with Crippen LogP contribution in [0.25, 0.3) is 0 Å². The molecule has 1 aliphatic carbocycles. The van der Waals surface area contributed by atoms with E-state index >= 15 is 0 Å². The zero-order chi connectivity index (χ0) is 19.3. The van der Waals surface area contributed by atoms with Crippen molar-refractivity contribution in [2.75, 3.05) is 30.9 Å². The maximum atomic E-state index is 12.4. The van der Waals surface area contributed by atoms with Crippen LogP contribution in [0.3, 0.4) is 0 Å². The molecule has 0 unspecified atom stereocenters. The molecule has 0 N–H and O–H groups in total. The van der Waals surface area contributed by atoms with Crippen molar-refractivity contribution in [2.24, 2.45) is 5.41 Å². The van der Waals surface area contributed by atoms with Crippen LogP contribution in [-0.2, 0) is 9.53 Å². The van der Waals surface area contributed by atoms with E-state index in [9.17, 15) is 14.9 Å². The lowest BCUT2D eigenvalue weighted by molar-refractivity contribution is -0.384. The highest BCUT2D eigenvalue weighted by atomic mass is 32.2. The second-order valence-electron chi connectivity index (χ2n) is 7.60. The molecule has 0 atom stereocenters. The van der Waals surface area contributed by atoms with Gasteiger partial charge in [0.1, 0.15) is 0 Å². The molecule has 27 heavy (non-hydrogen) atoms. The van der Waals surface area contributed by atoms with Crippen LogP contribution in [0.5, 0.6) is 0 Å². The Kier molecular flexibility index (Phi) is 6.63. The Bertz CT molecular complexity index is 650. The molecule has 1 saturated heterocycles. The summed E-state index contributed by atoms with van der Waals surface area (Å²) < 4.78 is 5.13. The fraction of sp³-hybridized carbons (Fsp3) is 0.650. The molecule has 7 heteroatoms. The molecule has 0 spiro atoms. The van der Waals surface area contributed by atoms with Crippen molar-refractivity contribution in [3.05, 3.63) is 34.4 Å². The highest BCUT2D eigenvalue weighted by Crippen LogP contribution is 2.42. The molecule has 1 aromatic rings. The Hall–Kier alpha value is -1.76. The second-order valence-corrected chi connectivity index (χ2v) is 8.89. The summed E-state index contributed by atoms with van der Waals surface area (Å²) in [6.45, 7) is 1.89. The maximum Gasteiger partial charge on any atom is 0.312 e. The first-order chi connectivity index (χ1) is 13.0. The van der Waals surface area contributed by atoms with Crippen LogP contribution in [0, 0.1) is 15.5 Å². The standard InChI is InChI=1S/C20H28N2O4S/c1-26-19(23)20(11-3-2-4-12-20)15-27-18-9-13-21(14-10-18)16-5-7-17(8-6-16)22(24)25/h5-8,18H,2-4,9-15H2,1H3. The number of non-ortho nitro benzene ring substituents is 1. The number of carbonyl (C=O) groups is 1. The van der Waals surface area contributed by atoms with Crippen molar-refractivity contribution in [3.8, 4) is 0 Å². The number of thioether (sulfide) groups is 1. The first kappa shape index (κ1) is 20.0. The van der Waals surface area contributed by atoms with Crippen LogP contribution < -0.4 is 4.90 Å². The van der Waals surface area contributed by atoms with Crippen molar-refractivity contribution in [1.29, 1.82) is 0 Å². The van der Waals surface area contributed by atoms with Crippen LogP contribution in [-0.4, -0.2) is 42.1 Å². The minimum atomic E-state index is -0.366. The summed E-state index contributed by atoms with van der Waals surface area (Å²) in [5.74, 6) is 0.833. The normalized spacial score (nSPS) is 20.3. The van der Waals surface area contributed by atoms with Gasteiger partial charge in [0.25, 0.3) is 5.69 Å². The quantitative estimate of drug-likeness (QED) is 0.405. The first-order valence-corrected chi connectivity index (χ1v) is 10.8. The number of rotatable bonds is 6. The van der Waals surface area contributed by atoms with E-state index in [2.05, 4.69) is 4.90 Å². The fourth-order valence-corrected chi connectivity index (χ4v) is 5.70. The average Bonchev–Trinajstić information content (AvgIpc) is 2.73. The zero-order valence-electron chi connectivity index (χ0n) is 15.9. The molecule has 148 valence electrons. The van der Waals surface area contributed by atoms with Crippen molar-refractivity contribution in [3.63, 3.8) is 0 Å². The van der Waals surface area contributed by atoms with Gasteiger partial charge in [0, 0.05) is 41.9 Å². The SMILES string of the molecule is COC(=O)C1(CSC2CCN(c3ccc([N+](=O)[O-])cc3)CC2)CCCCC1. The number of methoxy groups -OCH3 is 1. The Morgan fingerprint density at radius 1 is 1.22 bits per heavy atom. The molecule has 0 bridgehead atoms. The lowest BCUT2D eigenvalue weighted by Gasteiger charge is -2.37. The number of nitro groups is 1. The lowest BCUT2D eigenvalue weighted by atomic mass is 9.75. The number of nitrogens with zero attached hydrogens (tertiary/aromatic N) is 2. The van der Waals surface area contributed by atoms with Gasteiger partial charge in [-0.2, -0.15) is 11.8 Å². The van der Waals surface area contributed by atoms with Gasteiger partial charge < -0.3 is 9.64 Å². The maximum absolute atomic E-state index is 12.4. The fourth-order valence-electron chi connectivity index (χ4n) is 4.20. The van der Waals surface area contributed by atoms with Crippen molar-refractivity contribution >= 4 is 29.1 Å². The molecule has 0 amide bonds. The summed E-state index contributed by atoms with van der Waals surface area (Å²) in [6, 6.07) is 6.80. The number of carbonyl (C=O) groups excluding carboxylic acids is 1. The van der Waals surface area contributed by atoms with Gasteiger partial charge in [0.05, 0.1) is 17.4 Å². The summed E-state index contributed by atoms with van der Waals surface area (Å²) in [7, 11) is 1.51. The summed E-state index contributed by atoms with van der Waals surface area (Å²) in [4.78, 5) is 25.1. The third-order valence-corrected chi connectivity index (χ3v) is 7.55. The molecule has 1 aliphatic heterocycles. The Morgan fingerprint density at radius 3 is 2.41 bits per heavy atom. The molecule has 1 aromatic carbocycles. The van der Waals surface area contributed by atoms with E-state index in [1.54, 1.807) is 12.1 Å². The topological polar surface area (TPSA) is 72.7 Å². The van der Waals surface area contributed by atoms with Gasteiger partial charge in [-0.1, -0.05) is 19.3 Å². The van der Waals surface area contributed by atoms with E-state index in [4.69, 9.17) is 4.74 Å². The van der Waals surface area contributed by atoms with Gasteiger partial charge >= 0.3 is 5.97 Å². The zero-order valence-corrected chi connectivity index (χ0v) is 16.7. The Balaban J connectivity index is 1.51.